The van der Waals surface area contributed by atoms with Gasteiger partial charge in [0.2, 0.25) is 0 Å². The summed E-state index contributed by atoms with van der Waals surface area (Å²) in [7, 11) is 1.68. The summed E-state index contributed by atoms with van der Waals surface area (Å²) in [5, 5.41) is 7.82. The standard InChI is InChI=1S/C15H19ClFN3O/c1-21-9-8-18-7-3-4-12-10-19-20(11-12)15-13(16)5-2-6-14(15)17/h2,5-6,10-11,18H,3-4,7-9H2,1H3. The van der Waals surface area contributed by atoms with Gasteiger partial charge >= 0.3 is 0 Å². The molecule has 0 aliphatic carbocycles. The second kappa shape index (κ2) is 8.12. The molecule has 0 aliphatic heterocycles. The molecule has 114 valence electrons. The first-order chi connectivity index (χ1) is 10.2. The lowest BCUT2D eigenvalue weighted by molar-refractivity contribution is 0.199. The highest BCUT2D eigenvalue weighted by atomic mass is 35.5. The fourth-order valence-corrected chi connectivity index (χ4v) is 2.29. The monoisotopic (exact) mass is 311 g/mol. The Morgan fingerprint density at radius 2 is 2.24 bits per heavy atom. The van der Waals surface area contributed by atoms with Crippen molar-refractivity contribution in [3.05, 3.63) is 47.0 Å². The maximum atomic E-state index is 13.8. The zero-order valence-corrected chi connectivity index (χ0v) is 12.7. The van der Waals surface area contributed by atoms with Crippen LogP contribution in [0.15, 0.2) is 30.6 Å². The highest BCUT2D eigenvalue weighted by Crippen LogP contribution is 2.23. The minimum atomic E-state index is -0.376. The molecule has 2 aromatic rings. The molecule has 2 rings (SSSR count). The van der Waals surface area contributed by atoms with Gasteiger partial charge in [-0.3, -0.25) is 0 Å². The van der Waals surface area contributed by atoms with Gasteiger partial charge in [0.25, 0.3) is 0 Å². The summed E-state index contributed by atoms with van der Waals surface area (Å²) in [4.78, 5) is 0. The predicted molar refractivity (Wildman–Crippen MR) is 81.6 cm³/mol. The molecule has 0 fully saturated rings. The van der Waals surface area contributed by atoms with Crippen molar-refractivity contribution in [2.45, 2.75) is 12.8 Å². The molecule has 0 bridgehead atoms. The van der Waals surface area contributed by atoms with Crippen molar-refractivity contribution in [3.63, 3.8) is 0 Å². The van der Waals surface area contributed by atoms with E-state index in [0.29, 0.717) is 17.3 Å². The van der Waals surface area contributed by atoms with E-state index in [1.807, 2.05) is 6.20 Å². The Bertz CT molecular complexity index is 554. The number of benzene rings is 1. The third kappa shape index (κ3) is 4.52. The van der Waals surface area contributed by atoms with Crippen molar-refractivity contribution >= 4 is 11.6 Å². The molecule has 0 spiro atoms. The Morgan fingerprint density at radius 3 is 3.00 bits per heavy atom. The highest BCUT2D eigenvalue weighted by molar-refractivity contribution is 6.32. The van der Waals surface area contributed by atoms with Gasteiger partial charge in [0, 0.05) is 19.9 Å². The maximum Gasteiger partial charge on any atom is 0.150 e. The van der Waals surface area contributed by atoms with Crippen LogP contribution in [0.2, 0.25) is 5.02 Å². The molecule has 0 aliphatic rings. The molecular weight excluding hydrogens is 293 g/mol. The number of halogens is 2. The van der Waals surface area contributed by atoms with Crippen LogP contribution in [-0.4, -0.2) is 36.6 Å². The quantitative estimate of drug-likeness (QED) is 0.762. The van der Waals surface area contributed by atoms with Gasteiger partial charge in [-0.15, -0.1) is 0 Å². The third-order valence-electron chi connectivity index (χ3n) is 3.10. The molecule has 0 unspecified atom stereocenters. The summed E-state index contributed by atoms with van der Waals surface area (Å²) in [5.41, 5.74) is 1.35. The zero-order valence-electron chi connectivity index (χ0n) is 12.0. The fraction of sp³-hybridized carbons (Fsp3) is 0.400. The van der Waals surface area contributed by atoms with Crippen LogP contribution < -0.4 is 5.32 Å². The number of para-hydroxylation sites is 1. The molecule has 21 heavy (non-hydrogen) atoms. The van der Waals surface area contributed by atoms with Crippen molar-refractivity contribution < 1.29 is 9.13 Å². The SMILES string of the molecule is COCCNCCCc1cnn(-c2c(F)cccc2Cl)c1. The van der Waals surface area contributed by atoms with E-state index < -0.39 is 0 Å². The van der Waals surface area contributed by atoms with Crippen LogP contribution in [0.1, 0.15) is 12.0 Å². The molecule has 0 radical (unpaired) electrons. The molecule has 0 atom stereocenters. The number of ether oxygens (including phenoxy) is 1. The second-order valence-corrected chi connectivity index (χ2v) is 5.12. The topological polar surface area (TPSA) is 39.1 Å². The Hall–Kier alpha value is -1.43. The van der Waals surface area contributed by atoms with Crippen LogP contribution in [0.25, 0.3) is 5.69 Å². The van der Waals surface area contributed by atoms with E-state index in [0.717, 1.165) is 31.5 Å². The molecule has 1 heterocycles. The minimum Gasteiger partial charge on any atom is -0.383 e. The summed E-state index contributed by atoms with van der Waals surface area (Å²) < 4.78 is 20.3. The van der Waals surface area contributed by atoms with Crippen molar-refractivity contribution in [1.82, 2.24) is 15.1 Å². The largest absolute Gasteiger partial charge is 0.383 e. The first-order valence-electron chi connectivity index (χ1n) is 6.90. The fourth-order valence-electron chi connectivity index (χ4n) is 2.04. The van der Waals surface area contributed by atoms with E-state index in [4.69, 9.17) is 16.3 Å². The van der Waals surface area contributed by atoms with Gasteiger partial charge < -0.3 is 10.1 Å². The first kappa shape index (κ1) is 15.9. The average molecular weight is 312 g/mol. The molecule has 0 amide bonds. The maximum absolute atomic E-state index is 13.8. The van der Waals surface area contributed by atoms with Crippen LogP contribution in [0.4, 0.5) is 4.39 Å². The highest BCUT2D eigenvalue weighted by Gasteiger charge is 2.10. The smallest absolute Gasteiger partial charge is 0.150 e. The number of rotatable bonds is 8. The van der Waals surface area contributed by atoms with Crippen LogP contribution in [0.3, 0.4) is 0 Å². The summed E-state index contributed by atoms with van der Waals surface area (Å²) in [6.07, 6.45) is 5.43. The van der Waals surface area contributed by atoms with E-state index in [2.05, 4.69) is 10.4 Å². The molecule has 6 heteroatoms. The number of hydrogen-bond donors (Lipinski definition) is 1. The number of nitrogens with zero attached hydrogens (tertiary/aromatic N) is 2. The number of hydrogen-bond acceptors (Lipinski definition) is 3. The van der Waals surface area contributed by atoms with E-state index in [-0.39, 0.29) is 5.82 Å². The molecule has 1 N–H and O–H groups in total. The molecule has 1 aromatic heterocycles. The average Bonchev–Trinajstić information content (AvgIpc) is 2.91. The van der Waals surface area contributed by atoms with Gasteiger partial charge in [0.05, 0.1) is 17.8 Å². The lowest BCUT2D eigenvalue weighted by Gasteiger charge is -2.05. The third-order valence-corrected chi connectivity index (χ3v) is 3.41. The second-order valence-electron chi connectivity index (χ2n) is 4.71. The Labute approximate surface area is 128 Å². The Balaban J connectivity index is 1.90. The molecule has 4 nitrogen and oxygen atoms in total. The van der Waals surface area contributed by atoms with Crippen LogP contribution in [-0.2, 0) is 11.2 Å². The summed E-state index contributed by atoms with van der Waals surface area (Å²) in [6.45, 7) is 2.47. The van der Waals surface area contributed by atoms with E-state index in [9.17, 15) is 4.39 Å². The van der Waals surface area contributed by atoms with Crippen LogP contribution in [0, 0.1) is 5.82 Å². The molecular formula is C15H19ClFN3O. The number of nitrogens with one attached hydrogen (secondary N) is 1. The Kier molecular flexibility index (Phi) is 6.17. The van der Waals surface area contributed by atoms with Gasteiger partial charge in [-0.05, 0) is 37.1 Å². The predicted octanol–water partition coefficient (Wildman–Crippen LogP) is 2.83. The van der Waals surface area contributed by atoms with Gasteiger partial charge in [0.1, 0.15) is 11.5 Å². The summed E-state index contributed by atoms with van der Waals surface area (Å²) in [6, 6.07) is 4.61. The number of aromatic nitrogens is 2. The lowest BCUT2D eigenvalue weighted by atomic mass is 10.2. The van der Waals surface area contributed by atoms with Crippen molar-refractivity contribution in [1.29, 1.82) is 0 Å². The van der Waals surface area contributed by atoms with E-state index in [1.54, 1.807) is 25.4 Å². The van der Waals surface area contributed by atoms with Crippen LogP contribution >= 0.6 is 11.6 Å². The summed E-state index contributed by atoms with van der Waals surface area (Å²) >= 11 is 6.03. The molecule has 0 saturated heterocycles. The zero-order chi connectivity index (χ0) is 15.1. The van der Waals surface area contributed by atoms with Gasteiger partial charge in [0.15, 0.2) is 0 Å². The lowest BCUT2D eigenvalue weighted by Crippen LogP contribution is -2.20. The van der Waals surface area contributed by atoms with E-state index in [1.165, 1.54) is 10.7 Å². The minimum absolute atomic E-state index is 0.295. The van der Waals surface area contributed by atoms with Crippen molar-refractivity contribution in [3.8, 4) is 5.69 Å². The Morgan fingerprint density at radius 1 is 1.38 bits per heavy atom. The number of aryl methyl sites for hydroxylation is 1. The normalized spacial score (nSPS) is 11.0. The summed E-state index contributed by atoms with van der Waals surface area (Å²) in [5.74, 6) is -0.376. The first-order valence-corrected chi connectivity index (χ1v) is 7.27. The van der Waals surface area contributed by atoms with E-state index >= 15 is 0 Å². The molecule has 1 aromatic carbocycles. The van der Waals surface area contributed by atoms with Crippen LogP contribution in [0.5, 0.6) is 0 Å². The van der Waals surface area contributed by atoms with Gasteiger partial charge in [-0.2, -0.15) is 5.10 Å². The number of methoxy groups -OCH3 is 1. The van der Waals surface area contributed by atoms with Gasteiger partial charge in [-0.1, -0.05) is 17.7 Å². The van der Waals surface area contributed by atoms with Crippen molar-refractivity contribution in [2.75, 3.05) is 26.8 Å². The molecule has 0 saturated carbocycles. The van der Waals surface area contributed by atoms with Gasteiger partial charge in [-0.25, -0.2) is 9.07 Å². The van der Waals surface area contributed by atoms with Crippen molar-refractivity contribution in [2.24, 2.45) is 0 Å².